The van der Waals surface area contributed by atoms with E-state index in [0.717, 1.165) is 22.3 Å². The van der Waals surface area contributed by atoms with Crippen LogP contribution in [0.5, 0.6) is 11.5 Å². The summed E-state index contributed by atoms with van der Waals surface area (Å²) in [6, 6.07) is 26.4. The summed E-state index contributed by atoms with van der Waals surface area (Å²) in [4.78, 5) is 22.0. The third-order valence-electron chi connectivity index (χ3n) is 6.62. The van der Waals surface area contributed by atoms with E-state index < -0.39 is 36.4 Å². The van der Waals surface area contributed by atoms with Gasteiger partial charge in [0, 0.05) is 0 Å². The summed E-state index contributed by atoms with van der Waals surface area (Å²) < 4.78 is 11.0. The molecule has 0 fully saturated rings. The molecule has 0 aromatic heterocycles. The van der Waals surface area contributed by atoms with E-state index in [-0.39, 0.29) is 24.3 Å². The Balaban J connectivity index is 1.23. The fraction of sp³-hybridized carbons (Fsp3) is 0.188. The Bertz CT molecular complexity index is 1350. The van der Waals surface area contributed by atoms with Crippen molar-refractivity contribution in [2.75, 3.05) is 13.2 Å². The van der Waals surface area contributed by atoms with Gasteiger partial charge in [0.25, 0.3) is 0 Å². The maximum absolute atomic E-state index is 11.0. The van der Waals surface area contributed by atoms with E-state index in [2.05, 4.69) is 0 Å². The van der Waals surface area contributed by atoms with E-state index in [1.165, 1.54) is 24.3 Å². The van der Waals surface area contributed by atoms with Gasteiger partial charge in [-0.15, -0.1) is 0 Å². The Kier molecular flexibility index (Phi) is 9.89. The van der Waals surface area contributed by atoms with Crippen molar-refractivity contribution in [3.05, 3.63) is 108 Å². The fourth-order valence-corrected chi connectivity index (χ4v) is 4.11. The Morgan fingerprint density at radius 2 is 0.738 bits per heavy atom. The minimum Gasteiger partial charge on any atom is -0.491 e. The molecular weight excluding hydrogens is 544 g/mol. The van der Waals surface area contributed by atoms with Gasteiger partial charge in [-0.2, -0.15) is 0 Å². The van der Waals surface area contributed by atoms with Crippen LogP contribution in [0.3, 0.4) is 0 Å². The Labute approximate surface area is 241 Å². The molecule has 10 nitrogen and oxygen atoms in total. The third kappa shape index (κ3) is 7.71. The summed E-state index contributed by atoms with van der Waals surface area (Å²) in [6.07, 6.45) is -6.45. The number of hydrogen-bond acceptors (Lipinski definition) is 8. The van der Waals surface area contributed by atoms with Gasteiger partial charge in [0.2, 0.25) is 0 Å². The second kappa shape index (κ2) is 13.7. The number of aromatic carboxylic acids is 2. The van der Waals surface area contributed by atoms with E-state index in [0.29, 0.717) is 11.5 Å². The van der Waals surface area contributed by atoms with Crippen LogP contribution in [0.15, 0.2) is 97.1 Å². The minimum absolute atomic E-state index is 0.183. The highest BCUT2D eigenvalue weighted by molar-refractivity contribution is 5.89. The molecule has 4 aromatic carbocycles. The van der Waals surface area contributed by atoms with Crippen molar-refractivity contribution in [3.63, 3.8) is 0 Å². The maximum atomic E-state index is 11.0. The van der Waals surface area contributed by atoms with Gasteiger partial charge >= 0.3 is 11.9 Å². The van der Waals surface area contributed by atoms with E-state index in [1.54, 1.807) is 72.8 Å². The molecule has 0 bridgehead atoms. The molecule has 0 radical (unpaired) electrons. The number of aliphatic hydroxyl groups is 4. The van der Waals surface area contributed by atoms with Gasteiger partial charge in [-0.25, -0.2) is 9.59 Å². The smallest absolute Gasteiger partial charge is 0.335 e. The lowest BCUT2D eigenvalue weighted by Crippen LogP contribution is -2.48. The van der Waals surface area contributed by atoms with Crippen molar-refractivity contribution in [2.24, 2.45) is 0 Å². The number of hydrogen-bond donors (Lipinski definition) is 6. The largest absolute Gasteiger partial charge is 0.491 e. The molecule has 0 aliphatic rings. The van der Waals surface area contributed by atoms with Crippen LogP contribution < -0.4 is 9.47 Å². The Hall–Kier alpha value is -4.74. The molecule has 0 spiro atoms. The van der Waals surface area contributed by atoms with Crippen LogP contribution in [0.25, 0.3) is 22.3 Å². The summed E-state index contributed by atoms with van der Waals surface area (Å²) in [6.45, 7) is -0.708. The van der Waals surface area contributed by atoms with E-state index in [4.69, 9.17) is 19.7 Å². The van der Waals surface area contributed by atoms with Gasteiger partial charge in [-0.3, -0.25) is 0 Å². The molecule has 4 atom stereocenters. The van der Waals surface area contributed by atoms with E-state index in [1.807, 2.05) is 0 Å². The van der Waals surface area contributed by atoms with Crippen LogP contribution in [0.2, 0.25) is 0 Å². The Morgan fingerprint density at radius 3 is 1.00 bits per heavy atom. The lowest BCUT2D eigenvalue weighted by Gasteiger charge is -2.26. The summed E-state index contributed by atoms with van der Waals surface area (Å²) in [7, 11) is 0. The minimum atomic E-state index is -1.72. The predicted molar refractivity (Wildman–Crippen MR) is 153 cm³/mol. The highest BCUT2D eigenvalue weighted by atomic mass is 16.5. The molecule has 10 heteroatoms. The molecule has 0 aliphatic heterocycles. The molecule has 0 unspecified atom stereocenters. The zero-order chi connectivity index (χ0) is 30.2. The van der Waals surface area contributed by atoms with Crippen molar-refractivity contribution < 1.29 is 49.7 Å². The standard InChI is InChI=1S/C32H30O10/c33-27(17-41-25-13-9-21(10-14-25)19-1-5-23(6-2-19)31(37)38)29(35)30(36)28(34)18-42-26-15-11-22(12-16-26)20-3-7-24(8-4-20)32(39)40/h1-16,27-30,33-36H,17-18H2,(H,37,38)(H,39,40)/t27-,28+,29+,30-. The number of aliphatic hydroxyl groups excluding tert-OH is 4. The molecule has 0 amide bonds. The number of rotatable bonds is 13. The van der Waals surface area contributed by atoms with Crippen LogP contribution >= 0.6 is 0 Å². The first-order valence-corrected chi connectivity index (χ1v) is 13.0. The zero-order valence-electron chi connectivity index (χ0n) is 22.3. The second-order valence-electron chi connectivity index (χ2n) is 9.55. The predicted octanol–water partition coefficient (Wildman–Crippen LogP) is 3.32. The lowest BCUT2D eigenvalue weighted by molar-refractivity contribution is -0.119. The van der Waals surface area contributed by atoms with Gasteiger partial charge in [0.1, 0.15) is 49.1 Å². The number of carboxylic acids is 2. The van der Waals surface area contributed by atoms with E-state index in [9.17, 15) is 30.0 Å². The van der Waals surface area contributed by atoms with Crippen molar-refractivity contribution in [2.45, 2.75) is 24.4 Å². The average Bonchev–Trinajstić information content (AvgIpc) is 3.02. The lowest BCUT2D eigenvalue weighted by atomic mass is 10.0. The van der Waals surface area contributed by atoms with Crippen LogP contribution in [-0.4, -0.2) is 80.2 Å². The van der Waals surface area contributed by atoms with E-state index >= 15 is 0 Å². The van der Waals surface area contributed by atoms with Crippen molar-refractivity contribution in [3.8, 4) is 33.8 Å². The first kappa shape index (κ1) is 30.2. The normalized spacial score (nSPS) is 13.9. The molecule has 0 aliphatic carbocycles. The summed E-state index contributed by atoms with van der Waals surface area (Å²) >= 11 is 0. The first-order chi connectivity index (χ1) is 20.1. The van der Waals surface area contributed by atoms with Gasteiger partial charge in [0.15, 0.2) is 0 Å². The molecule has 218 valence electrons. The van der Waals surface area contributed by atoms with Crippen molar-refractivity contribution >= 4 is 11.9 Å². The molecule has 0 heterocycles. The second-order valence-corrected chi connectivity index (χ2v) is 9.55. The number of benzene rings is 4. The van der Waals surface area contributed by atoms with Crippen LogP contribution in [0, 0.1) is 0 Å². The summed E-state index contributed by atoms with van der Waals surface area (Å²) in [5.41, 5.74) is 3.63. The topological polar surface area (TPSA) is 174 Å². The fourth-order valence-electron chi connectivity index (χ4n) is 4.11. The zero-order valence-corrected chi connectivity index (χ0v) is 22.3. The van der Waals surface area contributed by atoms with Gasteiger partial charge in [-0.05, 0) is 70.8 Å². The molecule has 4 rings (SSSR count). The number of ether oxygens (including phenoxy) is 2. The van der Waals surface area contributed by atoms with Crippen LogP contribution in [-0.2, 0) is 0 Å². The van der Waals surface area contributed by atoms with Crippen molar-refractivity contribution in [1.29, 1.82) is 0 Å². The summed E-state index contributed by atoms with van der Waals surface area (Å²) in [5, 5.41) is 59.3. The highest BCUT2D eigenvalue weighted by Gasteiger charge is 2.31. The highest BCUT2D eigenvalue weighted by Crippen LogP contribution is 2.25. The first-order valence-electron chi connectivity index (χ1n) is 13.0. The quantitative estimate of drug-likeness (QED) is 0.139. The Morgan fingerprint density at radius 1 is 0.476 bits per heavy atom. The SMILES string of the molecule is O=C(O)c1ccc(-c2ccc(OC[C@@H](O)[C@H](O)[C@H](O)[C@@H](O)COc3ccc(-c4ccc(C(=O)O)cc4)cc3)cc2)cc1. The van der Waals surface area contributed by atoms with Gasteiger partial charge in [0.05, 0.1) is 11.1 Å². The molecule has 6 N–H and O–H groups in total. The molecule has 4 aromatic rings. The molecule has 0 saturated carbocycles. The number of carbonyl (C=O) groups is 2. The number of carboxylic acid groups (broad SMARTS) is 2. The average molecular weight is 575 g/mol. The monoisotopic (exact) mass is 574 g/mol. The van der Waals surface area contributed by atoms with Crippen LogP contribution in [0.4, 0.5) is 0 Å². The third-order valence-corrected chi connectivity index (χ3v) is 6.62. The molecule has 0 saturated heterocycles. The van der Waals surface area contributed by atoms with Gasteiger partial charge in [-0.1, -0.05) is 48.5 Å². The van der Waals surface area contributed by atoms with Crippen molar-refractivity contribution in [1.82, 2.24) is 0 Å². The van der Waals surface area contributed by atoms with Gasteiger partial charge < -0.3 is 40.1 Å². The summed E-state index contributed by atoms with van der Waals surface area (Å²) in [5.74, 6) is -1.23. The molecular formula is C32H30O10. The maximum Gasteiger partial charge on any atom is 0.335 e. The molecule has 42 heavy (non-hydrogen) atoms. The van der Waals surface area contributed by atoms with Crippen LogP contribution in [0.1, 0.15) is 20.7 Å².